The number of hydrogen-bond acceptors (Lipinski definition) is 5. The molecule has 0 spiro atoms. The molecule has 4 rings (SSSR count). The van der Waals surface area contributed by atoms with Gasteiger partial charge in [0, 0.05) is 31.5 Å². The van der Waals surface area contributed by atoms with Crippen LogP contribution in [0, 0.1) is 5.92 Å². The minimum absolute atomic E-state index is 0.161. The molecule has 1 saturated heterocycles. The molecule has 0 radical (unpaired) electrons. The fourth-order valence-corrected chi connectivity index (χ4v) is 3.94. The van der Waals surface area contributed by atoms with Crippen molar-refractivity contribution in [2.75, 3.05) is 20.2 Å². The molecule has 1 aliphatic rings. The van der Waals surface area contributed by atoms with Crippen molar-refractivity contribution in [1.29, 1.82) is 0 Å². The van der Waals surface area contributed by atoms with E-state index >= 15 is 0 Å². The van der Waals surface area contributed by atoms with Crippen LogP contribution in [0.4, 0.5) is 0 Å². The monoisotopic (exact) mass is 405 g/mol. The summed E-state index contributed by atoms with van der Waals surface area (Å²) in [6.07, 6.45) is 4.06. The summed E-state index contributed by atoms with van der Waals surface area (Å²) in [6.45, 7) is 1.66. The van der Waals surface area contributed by atoms with Gasteiger partial charge in [0.15, 0.2) is 0 Å². The van der Waals surface area contributed by atoms with Gasteiger partial charge in [-0.15, -0.1) is 0 Å². The zero-order valence-corrected chi connectivity index (χ0v) is 17.3. The molecule has 0 saturated carbocycles. The maximum atomic E-state index is 12.6. The van der Waals surface area contributed by atoms with Crippen LogP contribution in [0.5, 0.6) is 5.75 Å². The Hall–Kier alpha value is -3.15. The van der Waals surface area contributed by atoms with Crippen molar-refractivity contribution in [3.8, 4) is 17.1 Å². The number of amides is 1. The highest BCUT2D eigenvalue weighted by Gasteiger charge is 2.23. The standard InChI is InChI=1S/C24H27N3O3/c1-29-21-9-5-8-20(17-21)24-25-22(30-26-24)10-11-23(28)27-14-12-19(13-15-27)16-18-6-3-2-4-7-18/h2-9,17,19H,10-16H2,1H3. The Kier molecular flexibility index (Phi) is 6.42. The Morgan fingerprint density at radius 2 is 1.93 bits per heavy atom. The second kappa shape index (κ2) is 9.57. The van der Waals surface area contributed by atoms with Crippen LogP contribution < -0.4 is 4.74 Å². The molecule has 1 aromatic heterocycles. The van der Waals surface area contributed by atoms with Gasteiger partial charge in [-0.05, 0) is 42.9 Å². The molecule has 0 bridgehead atoms. The Bertz CT molecular complexity index is 963. The minimum atomic E-state index is 0.161. The summed E-state index contributed by atoms with van der Waals surface area (Å²) in [5.74, 6) is 2.55. The smallest absolute Gasteiger partial charge is 0.227 e. The third-order valence-electron chi connectivity index (χ3n) is 5.68. The molecule has 0 unspecified atom stereocenters. The van der Waals surface area contributed by atoms with Crippen molar-refractivity contribution in [2.45, 2.75) is 32.1 Å². The normalized spacial score (nSPS) is 14.6. The van der Waals surface area contributed by atoms with Crippen molar-refractivity contribution in [2.24, 2.45) is 5.92 Å². The van der Waals surface area contributed by atoms with Crippen LogP contribution in [0.15, 0.2) is 59.1 Å². The zero-order valence-electron chi connectivity index (χ0n) is 17.3. The number of likely N-dealkylation sites (tertiary alicyclic amines) is 1. The van der Waals surface area contributed by atoms with Crippen molar-refractivity contribution in [1.82, 2.24) is 15.0 Å². The molecule has 6 heteroatoms. The van der Waals surface area contributed by atoms with E-state index in [4.69, 9.17) is 9.26 Å². The maximum absolute atomic E-state index is 12.6. The predicted octanol–water partition coefficient (Wildman–Crippen LogP) is 4.16. The van der Waals surface area contributed by atoms with E-state index in [1.807, 2.05) is 35.2 Å². The Labute approximate surface area is 176 Å². The number of aromatic nitrogens is 2. The van der Waals surface area contributed by atoms with Crippen molar-refractivity contribution in [3.05, 3.63) is 66.1 Å². The summed E-state index contributed by atoms with van der Waals surface area (Å²) in [4.78, 5) is 19.0. The van der Waals surface area contributed by atoms with Gasteiger partial charge in [-0.1, -0.05) is 47.6 Å². The Morgan fingerprint density at radius 3 is 2.70 bits per heavy atom. The lowest BCUT2D eigenvalue weighted by Crippen LogP contribution is -2.39. The number of aryl methyl sites for hydroxylation is 1. The zero-order chi connectivity index (χ0) is 20.8. The first-order chi connectivity index (χ1) is 14.7. The lowest BCUT2D eigenvalue weighted by Gasteiger charge is -2.32. The number of piperidine rings is 1. The first kappa shape index (κ1) is 20.1. The summed E-state index contributed by atoms with van der Waals surface area (Å²) < 4.78 is 10.6. The van der Waals surface area contributed by atoms with Crippen molar-refractivity contribution < 1.29 is 14.1 Å². The highest BCUT2D eigenvalue weighted by molar-refractivity contribution is 5.76. The van der Waals surface area contributed by atoms with Crippen LogP contribution in [0.1, 0.15) is 30.7 Å². The van der Waals surface area contributed by atoms with Crippen LogP contribution in [0.25, 0.3) is 11.4 Å². The second-order valence-electron chi connectivity index (χ2n) is 7.76. The molecule has 1 fully saturated rings. The average molecular weight is 405 g/mol. The molecule has 3 aromatic rings. The molecular formula is C24H27N3O3. The van der Waals surface area contributed by atoms with Gasteiger partial charge in [-0.3, -0.25) is 4.79 Å². The van der Waals surface area contributed by atoms with Crippen LogP contribution in [-0.4, -0.2) is 41.1 Å². The van der Waals surface area contributed by atoms with E-state index < -0.39 is 0 Å². The molecule has 0 aliphatic carbocycles. The molecule has 6 nitrogen and oxygen atoms in total. The summed E-state index contributed by atoms with van der Waals surface area (Å²) in [7, 11) is 1.62. The molecule has 0 N–H and O–H groups in total. The van der Waals surface area contributed by atoms with Gasteiger partial charge in [-0.2, -0.15) is 4.98 Å². The molecule has 30 heavy (non-hydrogen) atoms. The van der Waals surface area contributed by atoms with Crippen molar-refractivity contribution >= 4 is 5.91 Å². The quantitative estimate of drug-likeness (QED) is 0.590. The van der Waals surface area contributed by atoms with E-state index in [0.717, 1.165) is 43.7 Å². The fourth-order valence-electron chi connectivity index (χ4n) is 3.94. The average Bonchev–Trinajstić information content (AvgIpc) is 3.28. The maximum Gasteiger partial charge on any atom is 0.227 e. The van der Waals surface area contributed by atoms with Crippen LogP contribution >= 0.6 is 0 Å². The van der Waals surface area contributed by atoms with Gasteiger partial charge < -0.3 is 14.2 Å². The van der Waals surface area contributed by atoms with Gasteiger partial charge >= 0.3 is 0 Å². The minimum Gasteiger partial charge on any atom is -0.497 e. The number of benzene rings is 2. The summed E-state index contributed by atoms with van der Waals surface area (Å²) in [5, 5.41) is 4.04. The summed E-state index contributed by atoms with van der Waals surface area (Å²) in [6, 6.07) is 18.1. The number of carbonyl (C=O) groups excluding carboxylic acids is 1. The number of hydrogen-bond donors (Lipinski definition) is 0. The first-order valence-corrected chi connectivity index (χ1v) is 10.5. The van der Waals surface area contributed by atoms with E-state index in [9.17, 15) is 4.79 Å². The largest absolute Gasteiger partial charge is 0.497 e. The third-order valence-corrected chi connectivity index (χ3v) is 5.68. The number of rotatable bonds is 7. The van der Waals surface area contributed by atoms with Crippen molar-refractivity contribution in [3.63, 3.8) is 0 Å². The molecule has 2 aromatic carbocycles. The highest BCUT2D eigenvalue weighted by Crippen LogP contribution is 2.23. The van der Waals surface area contributed by atoms with E-state index in [1.165, 1.54) is 5.56 Å². The summed E-state index contributed by atoms with van der Waals surface area (Å²) >= 11 is 0. The lowest BCUT2D eigenvalue weighted by molar-refractivity contribution is -0.132. The topological polar surface area (TPSA) is 68.5 Å². The lowest BCUT2D eigenvalue weighted by atomic mass is 9.90. The van der Waals surface area contributed by atoms with E-state index in [0.29, 0.717) is 30.5 Å². The van der Waals surface area contributed by atoms with Gasteiger partial charge in [0.1, 0.15) is 5.75 Å². The first-order valence-electron chi connectivity index (χ1n) is 10.5. The molecule has 1 amide bonds. The second-order valence-corrected chi connectivity index (χ2v) is 7.76. The highest BCUT2D eigenvalue weighted by atomic mass is 16.5. The van der Waals surface area contributed by atoms with E-state index in [2.05, 4.69) is 34.4 Å². The SMILES string of the molecule is COc1cccc(-c2noc(CCC(=O)N3CCC(Cc4ccccc4)CC3)n2)c1. The molecule has 156 valence electrons. The number of ether oxygens (including phenoxy) is 1. The van der Waals surface area contributed by atoms with Gasteiger partial charge in [-0.25, -0.2) is 0 Å². The predicted molar refractivity (Wildman–Crippen MR) is 114 cm³/mol. The van der Waals surface area contributed by atoms with Crippen LogP contribution in [0.3, 0.4) is 0 Å². The molecule has 1 aliphatic heterocycles. The number of nitrogens with zero attached hydrogens (tertiary/aromatic N) is 3. The fraction of sp³-hybridized carbons (Fsp3) is 0.375. The Morgan fingerprint density at radius 1 is 1.13 bits per heavy atom. The third kappa shape index (κ3) is 5.06. The molecule has 0 atom stereocenters. The number of carbonyl (C=O) groups is 1. The number of methoxy groups -OCH3 is 1. The molecule has 2 heterocycles. The van der Waals surface area contributed by atoms with Gasteiger partial charge in [0.2, 0.25) is 17.6 Å². The van der Waals surface area contributed by atoms with Gasteiger partial charge in [0.25, 0.3) is 0 Å². The van der Waals surface area contributed by atoms with E-state index in [-0.39, 0.29) is 5.91 Å². The van der Waals surface area contributed by atoms with E-state index in [1.54, 1.807) is 7.11 Å². The van der Waals surface area contributed by atoms with Crippen LogP contribution in [0.2, 0.25) is 0 Å². The Balaban J connectivity index is 1.25. The van der Waals surface area contributed by atoms with Gasteiger partial charge in [0.05, 0.1) is 7.11 Å². The van der Waals surface area contributed by atoms with Crippen LogP contribution in [-0.2, 0) is 17.6 Å². The molecular weight excluding hydrogens is 378 g/mol. The summed E-state index contributed by atoms with van der Waals surface area (Å²) in [5.41, 5.74) is 2.21.